The Morgan fingerprint density at radius 2 is 1.60 bits per heavy atom. The van der Waals surface area contributed by atoms with Crippen molar-refractivity contribution in [3.63, 3.8) is 0 Å². The lowest BCUT2D eigenvalue weighted by molar-refractivity contribution is 0.122. The number of benzene rings is 2. The maximum absolute atomic E-state index is 5.48. The Kier molecular flexibility index (Phi) is 4.89. The number of fused-ring (bicyclic) bond motifs is 1. The van der Waals surface area contributed by atoms with Crippen LogP contribution in [0.3, 0.4) is 0 Å². The Bertz CT molecular complexity index is 1160. The summed E-state index contributed by atoms with van der Waals surface area (Å²) in [7, 11) is 0. The molecule has 4 aromatic rings. The van der Waals surface area contributed by atoms with Crippen molar-refractivity contribution in [2.75, 3.05) is 36.5 Å². The fraction of sp³-hybridized carbons (Fsp3) is 0.240. The molecule has 0 saturated carbocycles. The van der Waals surface area contributed by atoms with Crippen molar-refractivity contribution in [1.29, 1.82) is 0 Å². The van der Waals surface area contributed by atoms with Crippen LogP contribution >= 0.6 is 0 Å². The van der Waals surface area contributed by atoms with E-state index in [0.717, 1.165) is 60.4 Å². The van der Waals surface area contributed by atoms with Gasteiger partial charge in [0.15, 0.2) is 0 Å². The number of morpholine rings is 1. The lowest BCUT2D eigenvalue weighted by Gasteiger charge is -2.28. The zero-order valence-corrected chi connectivity index (χ0v) is 17.4. The molecule has 1 aliphatic heterocycles. The minimum Gasteiger partial charge on any atom is -0.378 e. The van der Waals surface area contributed by atoms with Gasteiger partial charge in [0.1, 0.15) is 17.2 Å². The van der Waals surface area contributed by atoms with Crippen molar-refractivity contribution in [3.8, 4) is 11.3 Å². The number of imidazole rings is 1. The van der Waals surface area contributed by atoms with E-state index in [2.05, 4.69) is 95.2 Å². The molecule has 30 heavy (non-hydrogen) atoms. The van der Waals surface area contributed by atoms with Gasteiger partial charge in [-0.3, -0.25) is 4.40 Å². The van der Waals surface area contributed by atoms with Crippen molar-refractivity contribution in [3.05, 3.63) is 78.0 Å². The highest BCUT2D eigenvalue weighted by atomic mass is 16.5. The zero-order valence-electron chi connectivity index (χ0n) is 17.4. The summed E-state index contributed by atoms with van der Waals surface area (Å²) in [6.07, 6.45) is 0. The third-order valence-corrected chi connectivity index (χ3v) is 5.67. The largest absolute Gasteiger partial charge is 0.378 e. The molecule has 0 amide bonds. The van der Waals surface area contributed by atoms with Crippen LogP contribution in [0.4, 0.5) is 17.2 Å². The highest BCUT2D eigenvalue weighted by molar-refractivity contribution is 5.80. The molecule has 5 nitrogen and oxygen atoms in total. The molecule has 1 N–H and O–H groups in total. The molecule has 3 heterocycles. The molecule has 0 atom stereocenters. The Morgan fingerprint density at radius 1 is 0.867 bits per heavy atom. The van der Waals surface area contributed by atoms with E-state index < -0.39 is 0 Å². The van der Waals surface area contributed by atoms with E-state index in [1.807, 2.05) is 0 Å². The average Bonchev–Trinajstić information content (AvgIpc) is 3.16. The van der Waals surface area contributed by atoms with Crippen molar-refractivity contribution in [2.45, 2.75) is 13.8 Å². The first kappa shape index (κ1) is 18.7. The first-order chi connectivity index (χ1) is 14.7. The van der Waals surface area contributed by atoms with E-state index in [-0.39, 0.29) is 0 Å². The first-order valence-corrected chi connectivity index (χ1v) is 10.4. The molecule has 0 radical (unpaired) electrons. The molecule has 5 rings (SSSR count). The van der Waals surface area contributed by atoms with E-state index in [1.54, 1.807) is 0 Å². The Labute approximate surface area is 176 Å². The van der Waals surface area contributed by atoms with Gasteiger partial charge in [-0.25, -0.2) is 4.98 Å². The van der Waals surface area contributed by atoms with Crippen LogP contribution < -0.4 is 10.2 Å². The second kappa shape index (κ2) is 7.84. The van der Waals surface area contributed by atoms with E-state index in [4.69, 9.17) is 9.72 Å². The summed E-state index contributed by atoms with van der Waals surface area (Å²) in [6, 6.07) is 23.4. The number of ether oxygens (including phenoxy) is 1. The van der Waals surface area contributed by atoms with Crippen molar-refractivity contribution in [2.24, 2.45) is 0 Å². The molecule has 1 fully saturated rings. The highest BCUT2D eigenvalue weighted by Gasteiger charge is 2.17. The lowest BCUT2D eigenvalue weighted by Crippen LogP contribution is -2.36. The number of rotatable bonds is 4. The van der Waals surface area contributed by atoms with Crippen LogP contribution in [0.2, 0.25) is 0 Å². The van der Waals surface area contributed by atoms with Crippen LogP contribution in [0, 0.1) is 13.8 Å². The first-order valence-electron chi connectivity index (χ1n) is 10.4. The predicted molar refractivity (Wildman–Crippen MR) is 123 cm³/mol. The van der Waals surface area contributed by atoms with Crippen LogP contribution in [0.15, 0.2) is 66.7 Å². The van der Waals surface area contributed by atoms with Crippen LogP contribution in [0.1, 0.15) is 11.3 Å². The van der Waals surface area contributed by atoms with Crippen LogP contribution in [-0.4, -0.2) is 35.7 Å². The molecule has 0 bridgehead atoms. The van der Waals surface area contributed by atoms with E-state index >= 15 is 0 Å². The normalized spacial score (nSPS) is 14.3. The molecule has 2 aromatic carbocycles. The van der Waals surface area contributed by atoms with E-state index in [1.165, 1.54) is 11.3 Å². The number of nitrogens with zero attached hydrogens (tertiary/aromatic N) is 3. The van der Waals surface area contributed by atoms with Gasteiger partial charge in [-0.1, -0.05) is 35.9 Å². The third-order valence-electron chi connectivity index (χ3n) is 5.67. The molecule has 152 valence electrons. The summed E-state index contributed by atoms with van der Waals surface area (Å²) in [5.74, 6) is 0.992. The van der Waals surface area contributed by atoms with Gasteiger partial charge in [-0.05, 0) is 50.2 Å². The number of aryl methyl sites for hydroxylation is 2. The van der Waals surface area contributed by atoms with Gasteiger partial charge in [0.25, 0.3) is 0 Å². The number of anilines is 3. The van der Waals surface area contributed by atoms with Gasteiger partial charge in [-0.2, -0.15) is 0 Å². The molecule has 0 spiro atoms. The summed E-state index contributed by atoms with van der Waals surface area (Å²) in [5.41, 5.74) is 7.67. The molecule has 1 saturated heterocycles. The summed E-state index contributed by atoms with van der Waals surface area (Å²) in [6.45, 7) is 7.67. The Morgan fingerprint density at radius 3 is 2.33 bits per heavy atom. The molecule has 0 aliphatic carbocycles. The van der Waals surface area contributed by atoms with Gasteiger partial charge in [-0.15, -0.1) is 0 Å². The van der Waals surface area contributed by atoms with E-state index in [0.29, 0.717) is 0 Å². The smallest absolute Gasteiger partial charge is 0.143 e. The Balaban J connectivity index is 1.56. The van der Waals surface area contributed by atoms with Gasteiger partial charge < -0.3 is 15.0 Å². The number of hydrogen-bond acceptors (Lipinski definition) is 4. The molecule has 2 aromatic heterocycles. The topological polar surface area (TPSA) is 41.8 Å². The minimum atomic E-state index is 0.790. The van der Waals surface area contributed by atoms with Crippen LogP contribution in [-0.2, 0) is 4.74 Å². The van der Waals surface area contributed by atoms with E-state index in [9.17, 15) is 0 Å². The average molecular weight is 399 g/mol. The molecule has 5 heteroatoms. The number of aromatic nitrogens is 2. The summed E-state index contributed by atoms with van der Waals surface area (Å²) in [5, 5.41) is 3.61. The SMILES string of the molecule is Cc1ccc(Nc2c(-c3ccc(N4CCOCC4)cc3)nc3cccc(C)n23)cc1. The quantitative estimate of drug-likeness (QED) is 0.513. The van der Waals surface area contributed by atoms with Gasteiger partial charge >= 0.3 is 0 Å². The number of hydrogen-bond donors (Lipinski definition) is 1. The van der Waals surface area contributed by atoms with Gasteiger partial charge in [0.2, 0.25) is 0 Å². The number of nitrogens with one attached hydrogen (secondary N) is 1. The Hall–Kier alpha value is -3.31. The molecule has 1 aliphatic rings. The van der Waals surface area contributed by atoms with Gasteiger partial charge in [0.05, 0.1) is 13.2 Å². The maximum atomic E-state index is 5.48. The fourth-order valence-corrected chi connectivity index (χ4v) is 4.00. The zero-order chi connectivity index (χ0) is 20.5. The van der Waals surface area contributed by atoms with Gasteiger partial charge in [0, 0.05) is 35.7 Å². The third kappa shape index (κ3) is 3.53. The summed E-state index contributed by atoms with van der Waals surface area (Å²) >= 11 is 0. The van der Waals surface area contributed by atoms with Crippen LogP contribution in [0.25, 0.3) is 16.9 Å². The predicted octanol–water partition coefficient (Wildman–Crippen LogP) is 5.20. The molecular weight excluding hydrogens is 372 g/mol. The maximum Gasteiger partial charge on any atom is 0.143 e. The summed E-state index contributed by atoms with van der Waals surface area (Å²) in [4.78, 5) is 7.33. The van der Waals surface area contributed by atoms with Crippen molar-refractivity contribution < 1.29 is 4.74 Å². The van der Waals surface area contributed by atoms with Crippen molar-refractivity contribution >= 4 is 22.8 Å². The second-order valence-electron chi connectivity index (χ2n) is 7.81. The molecular formula is C25H26N4O. The standard InChI is InChI=1S/C25H26N4O/c1-18-6-10-21(11-7-18)26-25-24(27-23-5-3-4-19(2)29(23)25)20-8-12-22(13-9-20)28-14-16-30-17-15-28/h3-13,26H,14-17H2,1-2H3. The highest BCUT2D eigenvalue weighted by Crippen LogP contribution is 2.33. The second-order valence-corrected chi connectivity index (χ2v) is 7.81. The molecule has 0 unspecified atom stereocenters. The minimum absolute atomic E-state index is 0.790. The summed E-state index contributed by atoms with van der Waals surface area (Å²) < 4.78 is 7.66. The van der Waals surface area contributed by atoms with Crippen LogP contribution in [0.5, 0.6) is 0 Å². The fourth-order valence-electron chi connectivity index (χ4n) is 4.00. The monoisotopic (exact) mass is 398 g/mol. The van der Waals surface area contributed by atoms with Crippen molar-refractivity contribution in [1.82, 2.24) is 9.38 Å². The number of pyridine rings is 1. The lowest BCUT2D eigenvalue weighted by atomic mass is 10.1.